The van der Waals surface area contributed by atoms with E-state index >= 15 is 0 Å². The number of hydrogen-bond acceptors (Lipinski definition) is 5. The van der Waals surface area contributed by atoms with Crippen molar-refractivity contribution in [2.45, 2.75) is 64.5 Å². The lowest BCUT2D eigenvalue weighted by Gasteiger charge is -2.43. The van der Waals surface area contributed by atoms with Crippen molar-refractivity contribution in [1.82, 2.24) is 0 Å². The summed E-state index contributed by atoms with van der Waals surface area (Å²) in [6, 6.07) is 17.5. The highest BCUT2D eigenvalue weighted by Gasteiger charge is 2.58. The number of carbonyl (C=O) groups is 2. The summed E-state index contributed by atoms with van der Waals surface area (Å²) in [7, 11) is 0. The van der Waals surface area contributed by atoms with E-state index in [4.69, 9.17) is 15.2 Å². The second-order valence-corrected chi connectivity index (χ2v) is 8.63. The Morgan fingerprint density at radius 3 is 1.83 bits per heavy atom. The molecule has 30 heavy (non-hydrogen) atoms. The van der Waals surface area contributed by atoms with E-state index in [1.807, 2.05) is 61.5 Å². The highest BCUT2D eigenvalue weighted by molar-refractivity contribution is 5.96. The molecule has 5 nitrogen and oxygen atoms in total. The predicted octanol–water partition coefficient (Wildman–Crippen LogP) is 4.62. The molecule has 0 saturated heterocycles. The molecule has 0 spiro atoms. The molecule has 2 aromatic rings. The van der Waals surface area contributed by atoms with Gasteiger partial charge < -0.3 is 15.2 Å². The van der Waals surface area contributed by atoms with Crippen LogP contribution in [-0.4, -0.2) is 29.7 Å². The Bertz CT molecular complexity index is 866. The zero-order chi connectivity index (χ0) is 22.6. The normalized spacial score (nSPS) is 15.6. The minimum Gasteiger partial charge on any atom is -0.465 e. The summed E-state index contributed by atoms with van der Waals surface area (Å²) in [5.41, 5.74) is 5.50. The molecule has 162 valence electrons. The average molecular weight is 412 g/mol. The van der Waals surface area contributed by atoms with Crippen molar-refractivity contribution in [3.8, 4) is 11.1 Å². The van der Waals surface area contributed by atoms with Crippen LogP contribution in [-0.2, 0) is 24.5 Å². The SMILES string of the molecule is CCOC(=O)C(C)(N)C(CC)(C(=O)OC(C)(C)C)c1ccc(-c2ccccc2)cc1. The number of benzene rings is 2. The summed E-state index contributed by atoms with van der Waals surface area (Å²) in [5, 5.41) is 0. The third-order valence-corrected chi connectivity index (χ3v) is 5.35. The molecular weight excluding hydrogens is 378 g/mol. The topological polar surface area (TPSA) is 78.6 Å². The molecule has 0 saturated carbocycles. The molecule has 0 radical (unpaired) electrons. The van der Waals surface area contributed by atoms with E-state index in [1.165, 1.54) is 0 Å². The van der Waals surface area contributed by atoms with Gasteiger partial charge in [-0.3, -0.25) is 9.59 Å². The maximum Gasteiger partial charge on any atom is 0.327 e. The van der Waals surface area contributed by atoms with Crippen LogP contribution in [0.3, 0.4) is 0 Å². The van der Waals surface area contributed by atoms with Gasteiger partial charge in [0.2, 0.25) is 0 Å². The van der Waals surface area contributed by atoms with Crippen LogP contribution < -0.4 is 5.73 Å². The number of nitrogens with two attached hydrogens (primary N) is 1. The van der Waals surface area contributed by atoms with Crippen molar-refractivity contribution in [2.75, 3.05) is 6.61 Å². The molecule has 2 atom stereocenters. The summed E-state index contributed by atoms with van der Waals surface area (Å²) in [5.74, 6) is -1.17. The van der Waals surface area contributed by atoms with Crippen molar-refractivity contribution < 1.29 is 19.1 Å². The van der Waals surface area contributed by atoms with E-state index in [0.717, 1.165) is 11.1 Å². The quantitative estimate of drug-likeness (QED) is 0.673. The van der Waals surface area contributed by atoms with Gasteiger partial charge in [-0.2, -0.15) is 0 Å². The van der Waals surface area contributed by atoms with Crippen molar-refractivity contribution in [1.29, 1.82) is 0 Å². The first kappa shape index (κ1) is 23.6. The summed E-state index contributed by atoms with van der Waals surface area (Å²) in [6.45, 7) is 10.6. The van der Waals surface area contributed by atoms with Crippen LogP contribution in [0.15, 0.2) is 54.6 Å². The average Bonchev–Trinajstić information content (AvgIpc) is 2.69. The lowest BCUT2D eigenvalue weighted by molar-refractivity contribution is -0.172. The van der Waals surface area contributed by atoms with Gasteiger partial charge in [0.25, 0.3) is 0 Å². The monoisotopic (exact) mass is 411 g/mol. The lowest BCUT2D eigenvalue weighted by atomic mass is 9.64. The second-order valence-electron chi connectivity index (χ2n) is 8.63. The van der Waals surface area contributed by atoms with Gasteiger partial charge in [-0.05, 0) is 57.7 Å². The van der Waals surface area contributed by atoms with Gasteiger partial charge in [-0.25, -0.2) is 0 Å². The molecule has 5 heteroatoms. The molecule has 2 unspecified atom stereocenters. The molecule has 0 amide bonds. The van der Waals surface area contributed by atoms with Crippen molar-refractivity contribution in [2.24, 2.45) is 5.73 Å². The molecular formula is C25H33NO4. The highest BCUT2D eigenvalue weighted by Crippen LogP contribution is 2.41. The number of carbonyl (C=O) groups excluding carboxylic acids is 2. The predicted molar refractivity (Wildman–Crippen MR) is 119 cm³/mol. The van der Waals surface area contributed by atoms with E-state index in [9.17, 15) is 9.59 Å². The van der Waals surface area contributed by atoms with E-state index in [0.29, 0.717) is 5.56 Å². The van der Waals surface area contributed by atoms with Crippen LogP contribution in [0.4, 0.5) is 0 Å². The first-order valence-electron chi connectivity index (χ1n) is 10.3. The Morgan fingerprint density at radius 1 is 0.833 bits per heavy atom. The maximum absolute atomic E-state index is 13.5. The Labute approximate surface area is 179 Å². The summed E-state index contributed by atoms with van der Waals surface area (Å²) in [6.07, 6.45) is 0.276. The van der Waals surface area contributed by atoms with E-state index < -0.39 is 28.5 Å². The van der Waals surface area contributed by atoms with Crippen molar-refractivity contribution >= 4 is 11.9 Å². The molecule has 2 rings (SSSR count). The largest absolute Gasteiger partial charge is 0.465 e. The van der Waals surface area contributed by atoms with E-state index in [2.05, 4.69) is 0 Å². The van der Waals surface area contributed by atoms with Gasteiger partial charge in [-0.1, -0.05) is 61.5 Å². The van der Waals surface area contributed by atoms with Crippen LogP contribution in [0.2, 0.25) is 0 Å². The van der Waals surface area contributed by atoms with E-state index in [-0.39, 0.29) is 13.0 Å². The van der Waals surface area contributed by atoms with Crippen LogP contribution in [0.25, 0.3) is 11.1 Å². The number of esters is 2. The number of rotatable bonds is 7. The smallest absolute Gasteiger partial charge is 0.327 e. The second kappa shape index (κ2) is 9.00. The Hall–Kier alpha value is -2.66. The summed E-state index contributed by atoms with van der Waals surface area (Å²) >= 11 is 0. The fourth-order valence-electron chi connectivity index (χ4n) is 3.74. The fourth-order valence-corrected chi connectivity index (χ4v) is 3.74. The van der Waals surface area contributed by atoms with Crippen LogP contribution >= 0.6 is 0 Å². The van der Waals surface area contributed by atoms with Crippen molar-refractivity contribution in [3.05, 3.63) is 60.2 Å². The van der Waals surface area contributed by atoms with Gasteiger partial charge in [0, 0.05) is 0 Å². The van der Waals surface area contributed by atoms with Crippen LogP contribution in [0.5, 0.6) is 0 Å². The minimum atomic E-state index is -1.62. The van der Waals surface area contributed by atoms with Gasteiger partial charge in [0.1, 0.15) is 16.6 Å². The number of ether oxygens (including phenoxy) is 2. The first-order chi connectivity index (χ1) is 14.0. The molecule has 0 heterocycles. The third kappa shape index (κ3) is 4.57. The summed E-state index contributed by atoms with van der Waals surface area (Å²) < 4.78 is 11.0. The zero-order valence-electron chi connectivity index (χ0n) is 18.8. The number of hydrogen-bond donors (Lipinski definition) is 1. The van der Waals surface area contributed by atoms with Crippen LogP contribution in [0.1, 0.15) is 53.5 Å². The molecule has 0 aliphatic rings. The summed E-state index contributed by atoms with van der Waals surface area (Å²) in [4.78, 5) is 26.4. The third-order valence-electron chi connectivity index (χ3n) is 5.35. The molecule has 0 aliphatic heterocycles. The highest BCUT2D eigenvalue weighted by atomic mass is 16.6. The van der Waals surface area contributed by atoms with E-state index in [1.54, 1.807) is 34.6 Å². The standard InChI is InChI=1S/C25H33NO4/c1-7-25(22(28)30-23(3,4)5,24(6,26)21(27)29-8-2)20-16-14-19(15-17-20)18-12-10-9-11-13-18/h9-17H,7-8,26H2,1-6H3. The molecule has 0 aromatic heterocycles. The maximum atomic E-state index is 13.5. The first-order valence-corrected chi connectivity index (χ1v) is 10.3. The molecule has 0 fully saturated rings. The minimum absolute atomic E-state index is 0.173. The van der Waals surface area contributed by atoms with Gasteiger partial charge >= 0.3 is 11.9 Å². The Kier molecular flexibility index (Phi) is 7.09. The zero-order valence-corrected chi connectivity index (χ0v) is 18.8. The van der Waals surface area contributed by atoms with Crippen LogP contribution in [0, 0.1) is 0 Å². The molecule has 0 aliphatic carbocycles. The molecule has 2 N–H and O–H groups in total. The Morgan fingerprint density at radius 2 is 1.37 bits per heavy atom. The Balaban J connectivity index is 2.63. The van der Waals surface area contributed by atoms with Gasteiger partial charge in [-0.15, -0.1) is 0 Å². The van der Waals surface area contributed by atoms with Crippen molar-refractivity contribution in [3.63, 3.8) is 0 Å². The lowest BCUT2D eigenvalue weighted by Crippen LogP contribution is -2.66. The van der Waals surface area contributed by atoms with Gasteiger partial charge in [0.15, 0.2) is 0 Å². The fraction of sp³-hybridized carbons (Fsp3) is 0.440. The van der Waals surface area contributed by atoms with Gasteiger partial charge in [0.05, 0.1) is 6.61 Å². The molecule has 2 aromatic carbocycles. The molecule has 0 bridgehead atoms.